The molecule has 3 rings (SSSR count). The highest BCUT2D eigenvalue weighted by molar-refractivity contribution is 5.29. The zero-order valence-corrected chi connectivity index (χ0v) is 11.4. The Hall–Kier alpha value is -0.990. The molecule has 2 saturated carbocycles. The molecule has 18 heavy (non-hydrogen) atoms. The quantitative estimate of drug-likeness (QED) is 0.875. The predicted octanol–water partition coefficient (Wildman–Crippen LogP) is 3.99. The third kappa shape index (κ3) is 2.55. The number of hydrogen-bond donors (Lipinski definition) is 1. The number of rotatable bonds is 3. The molecule has 0 aromatic carbocycles. The molecule has 0 spiro atoms. The molecule has 2 fully saturated rings. The molecule has 0 bridgehead atoms. The average molecular weight is 247 g/mol. The zero-order valence-electron chi connectivity index (χ0n) is 11.4. The van der Waals surface area contributed by atoms with Crippen LogP contribution in [0.2, 0.25) is 0 Å². The van der Waals surface area contributed by atoms with Crippen LogP contribution in [0.4, 0.5) is 5.95 Å². The molecule has 2 aliphatic rings. The molecule has 1 heterocycles. The van der Waals surface area contributed by atoms with Gasteiger partial charge >= 0.3 is 0 Å². The molecule has 2 atom stereocenters. The lowest BCUT2D eigenvalue weighted by Crippen LogP contribution is -2.28. The van der Waals surface area contributed by atoms with E-state index < -0.39 is 0 Å². The minimum absolute atomic E-state index is 0.635. The van der Waals surface area contributed by atoms with Gasteiger partial charge in [-0.2, -0.15) is 0 Å². The number of nitrogens with zero attached hydrogens (tertiary/aromatic N) is 2. The SMILES string of the molecule is CC1CCCC(Nc2nccn2C2CCCC2)C1. The highest BCUT2D eigenvalue weighted by Crippen LogP contribution is 2.32. The first kappa shape index (κ1) is 12.1. The van der Waals surface area contributed by atoms with E-state index in [0.717, 1.165) is 11.9 Å². The third-order valence-electron chi connectivity index (χ3n) is 4.66. The number of imidazole rings is 1. The first-order chi connectivity index (χ1) is 8.83. The van der Waals surface area contributed by atoms with Crippen molar-refractivity contribution in [3.63, 3.8) is 0 Å². The number of nitrogens with one attached hydrogen (secondary N) is 1. The van der Waals surface area contributed by atoms with Crippen molar-refractivity contribution >= 4 is 5.95 Å². The molecule has 0 amide bonds. The molecule has 0 saturated heterocycles. The summed E-state index contributed by atoms with van der Waals surface area (Å²) >= 11 is 0. The van der Waals surface area contributed by atoms with Crippen molar-refractivity contribution in [3.05, 3.63) is 12.4 Å². The largest absolute Gasteiger partial charge is 0.353 e. The van der Waals surface area contributed by atoms with Gasteiger partial charge in [0.25, 0.3) is 0 Å². The molecule has 1 N–H and O–H groups in total. The minimum Gasteiger partial charge on any atom is -0.353 e. The molecular weight excluding hydrogens is 222 g/mol. The predicted molar refractivity (Wildman–Crippen MR) is 74.8 cm³/mol. The van der Waals surface area contributed by atoms with Crippen molar-refractivity contribution in [3.8, 4) is 0 Å². The molecule has 1 aromatic heterocycles. The molecule has 0 aliphatic heterocycles. The molecule has 100 valence electrons. The van der Waals surface area contributed by atoms with E-state index >= 15 is 0 Å². The Morgan fingerprint density at radius 2 is 2.00 bits per heavy atom. The molecule has 2 unspecified atom stereocenters. The topological polar surface area (TPSA) is 29.9 Å². The van der Waals surface area contributed by atoms with Gasteiger partial charge in [0.2, 0.25) is 5.95 Å². The van der Waals surface area contributed by atoms with Gasteiger partial charge in [-0.05, 0) is 31.6 Å². The van der Waals surface area contributed by atoms with Crippen LogP contribution in [0.15, 0.2) is 12.4 Å². The van der Waals surface area contributed by atoms with Crippen LogP contribution in [0.1, 0.15) is 64.3 Å². The Morgan fingerprint density at radius 3 is 2.78 bits per heavy atom. The summed E-state index contributed by atoms with van der Waals surface area (Å²) in [5, 5.41) is 3.69. The summed E-state index contributed by atoms with van der Waals surface area (Å²) < 4.78 is 2.38. The second-order valence-corrected chi connectivity index (χ2v) is 6.21. The van der Waals surface area contributed by atoms with Crippen molar-refractivity contribution < 1.29 is 0 Å². The van der Waals surface area contributed by atoms with Gasteiger partial charge in [-0.3, -0.25) is 0 Å². The van der Waals surface area contributed by atoms with E-state index in [1.165, 1.54) is 51.4 Å². The lowest BCUT2D eigenvalue weighted by atomic mass is 9.87. The maximum atomic E-state index is 4.53. The highest BCUT2D eigenvalue weighted by Gasteiger charge is 2.23. The molecule has 3 heteroatoms. The van der Waals surface area contributed by atoms with Crippen molar-refractivity contribution in [2.45, 2.75) is 70.4 Å². The fourth-order valence-corrected chi connectivity index (χ4v) is 3.65. The van der Waals surface area contributed by atoms with Gasteiger partial charge in [0.1, 0.15) is 0 Å². The maximum absolute atomic E-state index is 4.53. The summed E-state index contributed by atoms with van der Waals surface area (Å²) in [6.45, 7) is 2.37. The van der Waals surface area contributed by atoms with Crippen LogP contribution in [0.3, 0.4) is 0 Å². The smallest absolute Gasteiger partial charge is 0.203 e. The van der Waals surface area contributed by atoms with Crippen LogP contribution >= 0.6 is 0 Å². The van der Waals surface area contributed by atoms with E-state index in [4.69, 9.17) is 0 Å². The van der Waals surface area contributed by atoms with Crippen molar-refractivity contribution in [2.75, 3.05) is 5.32 Å². The summed E-state index contributed by atoms with van der Waals surface area (Å²) in [7, 11) is 0. The lowest BCUT2D eigenvalue weighted by Gasteiger charge is -2.28. The van der Waals surface area contributed by atoms with Gasteiger partial charge < -0.3 is 9.88 Å². The van der Waals surface area contributed by atoms with Crippen molar-refractivity contribution in [2.24, 2.45) is 5.92 Å². The number of aromatic nitrogens is 2. The van der Waals surface area contributed by atoms with Gasteiger partial charge in [-0.15, -0.1) is 0 Å². The summed E-state index contributed by atoms with van der Waals surface area (Å²) in [5.74, 6) is 1.98. The van der Waals surface area contributed by atoms with E-state index in [1.807, 2.05) is 6.20 Å². The molecule has 0 radical (unpaired) electrons. The lowest BCUT2D eigenvalue weighted by molar-refractivity contribution is 0.356. The van der Waals surface area contributed by atoms with Crippen molar-refractivity contribution in [1.82, 2.24) is 9.55 Å². The monoisotopic (exact) mass is 247 g/mol. The van der Waals surface area contributed by atoms with Gasteiger partial charge in [0.15, 0.2) is 0 Å². The fourth-order valence-electron chi connectivity index (χ4n) is 3.65. The molecule has 1 aromatic rings. The first-order valence-electron chi connectivity index (χ1n) is 7.62. The average Bonchev–Trinajstić information content (AvgIpc) is 2.98. The Bertz CT molecular complexity index is 379. The van der Waals surface area contributed by atoms with Crippen LogP contribution in [0.5, 0.6) is 0 Å². The van der Waals surface area contributed by atoms with Crippen LogP contribution in [-0.2, 0) is 0 Å². The standard InChI is InChI=1S/C15H25N3/c1-12-5-4-6-13(11-12)17-15-16-9-10-18(15)14-7-2-3-8-14/h9-10,12-14H,2-8,11H2,1H3,(H,16,17). The normalized spacial score (nSPS) is 29.6. The van der Waals surface area contributed by atoms with E-state index in [0.29, 0.717) is 12.1 Å². The minimum atomic E-state index is 0.635. The van der Waals surface area contributed by atoms with Crippen LogP contribution in [-0.4, -0.2) is 15.6 Å². The van der Waals surface area contributed by atoms with Crippen LogP contribution in [0.25, 0.3) is 0 Å². The van der Waals surface area contributed by atoms with Crippen LogP contribution in [0, 0.1) is 5.92 Å². The first-order valence-corrected chi connectivity index (χ1v) is 7.62. The highest BCUT2D eigenvalue weighted by atomic mass is 15.2. The number of hydrogen-bond acceptors (Lipinski definition) is 2. The Morgan fingerprint density at radius 1 is 1.17 bits per heavy atom. The van der Waals surface area contributed by atoms with E-state index in [-0.39, 0.29) is 0 Å². The molecule has 2 aliphatic carbocycles. The van der Waals surface area contributed by atoms with E-state index in [2.05, 4.69) is 28.0 Å². The Labute approximate surface area is 110 Å². The Kier molecular flexibility index (Phi) is 3.57. The summed E-state index contributed by atoms with van der Waals surface area (Å²) in [4.78, 5) is 4.53. The summed E-state index contributed by atoms with van der Waals surface area (Å²) in [6.07, 6.45) is 14.9. The van der Waals surface area contributed by atoms with Gasteiger partial charge in [-0.1, -0.05) is 32.6 Å². The maximum Gasteiger partial charge on any atom is 0.203 e. The zero-order chi connectivity index (χ0) is 12.4. The summed E-state index contributed by atoms with van der Waals surface area (Å²) in [5.41, 5.74) is 0. The fraction of sp³-hybridized carbons (Fsp3) is 0.800. The number of anilines is 1. The van der Waals surface area contributed by atoms with E-state index in [9.17, 15) is 0 Å². The second kappa shape index (κ2) is 5.33. The van der Waals surface area contributed by atoms with Crippen molar-refractivity contribution in [1.29, 1.82) is 0 Å². The van der Waals surface area contributed by atoms with Crippen LogP contribution < -0.4 is 5.32 Å². The van der Waals surface area contributed by atoms with E-state index in [1.54, 1.807) is 0 Å². The van der Waals surface area contributed by atoms with Gasteiger partial charge in [0, 0.05) is 24.5 Å². The summed E-state index contributed by atoms with van der Waals surface area (Å²) in [6, 6.07) is 1.33. The molecular formula is C15H25N3. The third-order valence-corrected chi connectivity index (χ3v) is 4.66. The Balaban J connectivity index is 1.66. The van der Waals surface area contributed by atoms with Gasteiger partial charge in [0.05, 0.1) is 0 Å². The molecule has 3 nitrogen and oxygen atoms in total. The van der Waals surface area contributed by atoms with Gasteiger partial charge in [-0.25, -0.2) is 4.98 Å². The second-order valence-electron chi connectivity index (χ2n) is 6.21.